The van der Waals surface area contributed by atoms with Crippen LogP contribution in [0.25, 0.3) is 5.70 Å². The summed E-state index contributed by atoms with van der Waals surface area (Å²) in [7, 11) is 0. The van der Waals surface area contributed by atoms with Crippen molar-refractivity contribution in [3.05, 3.63) is 88.0 Å². The molecule has 0 aliphatic carbocycles. The Morgan fingerprint density at radius 3 is 2.59 bits per heavy atom. The number of carboxylic acid groups (broad SMARTS) is 1. The number of likely N-dealkylation sites (tertiary alicyclic amines) is 1. The second-order valence-electron chi connectivity index (χ2n) is 10.2. The van der Waals surface area contributed by atoms with Crippen LogP contribution in [0.2, 0.25) is 5.02 Å². The van der Waals surface area contributed by atoms with E-state index in [2.05, 4.69) is 11.0 Å². The molecule has 2 unspecified atom stereocenters. The van der Waals surface area contributed by atoms with E-state index >= 15 is 0 Å². The van der Waals surface area contributed by atoms with Crippen LogP contribution in [-0.4, -0.2) is 52.9 Å². The predicted octanol–water partition coefficient (Wildman–Crippen LogP) is 5.40. The first kappa shape index (κ1) is 24.1. The Labute approximate surface area is 220 Å². The van der Waals surface area contributed by atoms with Gasteiger partial charge in [-0.25, -0.2) is 4.79 Å². The van der Waals surface area contributed by atoms with E-state index in [4.69, 9.17) is 21.1 Å². The van der Waals surface area contributed by atoms with Crippen molar-refractivity contribution in [2.75, 3.05) is 19.6 Å². The van der Waals surface area contributed by atoms with Gasteiger partial charge in [-0.1, -0.05) is 54.9 Å². The summed E-state index contributed by atoms with van der Waals surface area (Å²) >= 11 is 6.42. The number of benzene rings is 2. The van der Waals surface area contributed by atoms with Crippen LogP contribution in [0.3, 0.4) is 0 Å². The van der Waals surface area contributed by atoms with Crippen LogP contribution in [0.15, 0.2) is 66.3 Å². The Kier molecular flexibility index (Phi) is 5.81. The molecule has 1 N–H and O–H groups in total. The number of hydrogen-bond donors (Lipinski definition) is 1. The first-order valence-corrected chi connectivity index (χ1v) is 13.2. The van der Waals surface area contributed by atoms with Crippen molar-refractivity contribution in [3.63, 3.8) is 0 Å². The molecule has 5 aliphatic heterocycles. The standard InChI is InChI=1S/C29H29ClN2O5/c1-2-28(26(33)34)13-16-31(17-14-28)27(35)36-25-22-10-12-29(37-25,20-6-4-3-5-7-20)32-15-11-19-8-9-21(30)18-23(19)24(22)32/h3-10,12,18,25H,2,11,13-17H2,1H3,(H,33,34). The Balaban J connectivity index is 1.35. The van der Waals surface area contributed by atoms with Crippen LogP contribution in [-0.2, 0) is 26.4 Å². The van der Waals surface area contributed by atoms with Gasteiger partial charge in [0.15, 0.2) is 5.72 Å². The molecule has 7 rings (SSSR count). The Morgan fingerprint density at radius 2 is 1.89 bits per heavy atom. The van der Waals surface area contributed by atoms with Crippen LogP contribution >= 0.6 is 11.6 Å². The highest BCUT2D eigenvalue weighted by molar-refractivity contribution is 6.30. The lowest BCUT2D eigenvalue weighted by Gasteiger charge is -2.54. The van der Waals surface area contributed by atoms with Crippen LogP contribution in [0.1, 0.15) is 42.9 Å². The fourth-order valence-corrected chi connectivity index (χ4v) is 6.27. The van der Waals surface area contributed by atoms with Gasteiger partial charge < -0.3 is 24.4 Å². The number of ether oxygens (including phenoxy) is 2. The van der Waals surface area contributed by atoms with Crippen LogP contribution in [0, 0.1) is 5.41 Å². The van der Waals surface area contributed by atoms with E-state index in [-0.39, 0.29) is 0 Å². The van der Waals surface area contributed by atoms with Gasteiger partial charge in [-0.05, 0) is 55.5 Å². The summed E-state index contributed by atoms with van der Waals surface area (Å²) in [6, 6.07) is 15.9. The zero-order chi connectivity index (χ0) is 25.8. The average molecular weight is 521 g/mol. The van der Waals surface area contributed by atoms with Crippen LogP contribution in [0.4, 0.5) is 4.79 Å². The first-order valence-electron chi connectivity index (χ1n) is 12.8. The third-order valence-corrected chi connectivity index (χ3v) is 8.65. The molecule has 0 aromatic heterocycles. The number of rotatable bonds is 4. The molecular weight excluding hydrogens is 492 g/mol. The number of carboxylic acids is 1. The van der Waals surface area contributed by atoms with E-state index in [9.17, 15) is 14.7 Å². The summed E-state index contributed by atoms with van der Waals surface area (Å²) < 4.78 is 12.6. The lowest BCUT2D eigenvalue weighted by Crippen LogP contribution is -2.57. The highest BCUT2D eigenvalue weighted by Gasteiger charge is 2.52. The molecule has 0 spiro atoms. The van der Waals surface area contributed by atoms with Gasteiger partial charge in [0.1, 0.15) is 0 Å². The molecule has 7 nitrogen and oxygen atoms in total. The maximum Gasteiger partial charge on any atom is 0.412 e. The van der Waals surface area contributed by atoms with Crippen molar-refractivity contribution < 1.29 is 24.2 Å². The normalized spacial score (nSPS) is 25.5. The maximum atomic E-state index is 13.3. The van der Waals surface area contributed by atoms with Gasteiger partial charge >= 0.3 is 12.1 Å². The molecule has 0 saturated carbocycles. The number of nitrogens with zero attached hydrogens (tertiary/aromatic N) is 2. The number of halogens is 1. The number of piperidine rings is 1. The molecule has 1 amide bonds. The third kappa shape index (κ3) is 3.75. The second-order valence-corrected chi connectivity index (χ2v) is 10.6. The SMILES string of the molecule is CCC1(C(=O)O)CCN(C(=O)OC2OC3(c4ccccc4)C=CC2=C2c4cc(Cl)ccc4CCN23)CC1. The number of aliphatic carboxylic acids is 1. The Bertz CT molecular complexity index is 1310. The fraction of sp³-hybridized carbons (Fsp3) is 0.379. The smallest absolute Gasteiger partial charge is 0.412 e. The van der Waals surface area contributed by atoms with E-state index in [1.165, 1.54) is 5.56 Å². The quantitative estimate of drug-likeness (QED) is 0.581. The van der Waals surface area contributed by atoms with Gasteiger partial charge in [0, 0.05) is 41.4 Å². The Hall–Kier alpha value is -3.29. The molecule has 2 aromatic rings. The summed E-state index contributed by atoms with van der Waals surface area (Å²) in [5.41, 5.74) is 3.20. The summed E-state index contributed by atoms with van der Waals surface area (Å²) in [5.74, 6) is -0.799. The van der Waals surface area contributed by atoms with E-state index in [0.29, 0.717) is 37.4 Å². The minimum absolute atomic E-state index is 0.335. The average Bonchev–Trinajstić information content (AvgIpc) is 2.93. The fourth-order valence-electron chi connectivity index (χ4n) is 6.10. The summed E-state index contributed by atoms with van der Waals surface area (Å²) in [5, 5.41) is 10.4. The molecule has 0 radical (unpaired) electrons. The van der Waals surface area contributed by atoms with Crippen LogP contribution < -0.4 is 0 Å². The lowest BCUT2D eigenvalue weighted by atomic mass is 9.76. The van der Waals surface area contributed by atoms with E-state index < -0.39 is 29.5 Å². The van der Waals surface area contributed by atoms with Gasteiger partial charge in [0.25, 0.3) is 0 Å². The molecule has 2 aromatic carbocycles. The summed E-state index contributed by atoms with van der Waals surface area (Å²) in [6.07, 6.45) is 4.81. The van der Waals surface area contributed by atoms with Gasteiger partial charge in [0.05, 0.1) is 11.1 Å². The lowest BCUT2D eigenvalue weighted by molar-refractivity contribution is -0.218. The van der Waals surface area contributed by atoms with Crippen molar-refractivity contribution in [3.8, 4) is 0 Å². The number of fused-ring (bicyclic) bond motifs is 2. The zero-order valence-electron chi connectivity index (χ0n) is 20.7. The number of hydrogen-bond acceptors (Lipinski definition) is 5. The monoisotopic (exact) mass is 520 g/mol. The number of carbonyl (C=O) groups is 2. The van der Waals surface area contributed by atoms with Gasteiger partial charge in [-0.2, -0.15) is 0 Å². The molecule has 2 atom stereocenters. The molecule has 5 heterocycles. The molecular formula is C29H29ClN2O5. The van der Waals surface area contributed by atoms with E-state index in [1.54, 1.807) is 4.90 Å². The topological polar surface area (TPSA) is 79.3 Å². The molecule has 37 heavy (non-hydrogen) atoms. The van der Waals surface area contributed by atoms with E-state index in [1.807, 2.05) is 61.5 Å². The molecule has 1 fully saturated rings. The first-order chi connectivity index (χ1) is 17.9. The molecule has 1 saturated heterocycles. The molecule has 2 bridgehead atoms. The van der Waals surface area contributed by atoms with Crippen molar-refractivity contribution in [1.29, 1.82) is 0 Å². The van der Waals surface area contributed by atoms with Gasteiger partial charge in [-0.15, -0.1) is 0 Å². The molecule has 8 heteroatoms. The molecule has 192 valence electrons. The second kappa shape index (κ2) is 8.92. The highest BCUT2D eigenvalue weighted by Crippen LogP contribution is 2.52. The van der Waals surface area contributed by atoms with Gasteiger partial charge in [-0.3, -0.25) is 4.79 Å². The van der Waals surface area contributed by atoms with Crippen molar-refractivity contribution in [2.24, 2.45) is 5.41 Å². The zero-order valence-corrected chi connectivity index (χ0v) is 21.4. The van der Waals surface area contributed by atoms with Crippen molar-refractivity contribution >= 4 is 29.4 Å². The Morgan fingerprint density at radius 1 is 1.14 bits per heavy atom. The highest BCUT2D eigenvalue weighted by atomic mass is 35.5. The summed E-state index contributed by atoms with van der Waals surface area (Å²) in [4.78, 5) is 29.0. The van der Waals surface area contributed by atoms with Gasteiger partial charge in [0.2, 0.25) is 6.29 Å². The van der Waals surface area contributed by atoms with Crippen molar-refractivity contribution in [1.82, 2.24) is 9.80 Å². The number of carbonyl (C=O) groups excluding carboxylic acids is 1. The number of amides is 1. The third-order valence-electron chi connectivity index (χ3n) is 8.41. The molecule has 5 aliphatic rings. The minimum Gasteiger partial charge on any atom is -0.481 e. The van der Waals surface area contributed by atoms with Crippen molar-refractivity contribution in [2.45, 2.75) is 44.6 Å². The summed E-state index contributed by atoms with van der Waals surface area (Å²) in [6.45, 7) is 3.30. The maximum absolute atomic E-state index is 13.3. The van der Waals surface area contributed by atoms with E-state index in [0.717, 1.165) is 35.4 Å². The minimum atomic E-state index is -0.925. The largest absolute Gasteiger partial charge is 0.481 e. The van der Waals surface area contributed by atoms with Crippen LogP contribution in [0.5, 0.6) is 0 Å². The predicted molar refractivity (Wildman–Crippen MR) is 139 cm³/mol.